The number of aliphatic imine (C=N–C) groups is 1. The van der Waals surface area contributed by atoms with Crippen molar-refractivity contribution in [2.75, 3.05) is 13.2 Å². The van der Waals surface area contributed by atoms with Gasteiger partial charge >= 0.3 is 12.3 Å². The van der Waals surface area contributed by atoms with Gasteiger partial charge in [-0.05, 0) is 43.7 Å². The van der Waals surface area contributed by atoms with Gasteiger partial charge in [-0.2, -0.15) is 18.2 Å². The van der Waals surface area contributed by atoms with E-state index in [9.17, 15) is 27.5 Å². The molecule has 1 aliphatic heterocycles. The number of benzene rings is 2. The van der Waals surface area contributed by atoms with Gasteiger partial charge in [0.1, 0.15) is 29.0 Å². The summed E-state index contributed by atoms with van der Waals surface area (Å²) in [4.78, 5) is 21.2. The quantitative estimate of drug-likeness (QED) is 0.207. The number of likely N-dealkylation sites (tertiary alicyclic amines) is 1. The Hall–Kier alpha value is -3.55. The second-order valence-corrected chi connectivity index (χ2v) is 9.71. The van der Waals surface area contributed by atoms with Gasteiger partial charge in [0.05, 0.1) is 28.3 Å². The molecule has 0 spiro atoms. The maximum absolute atomic E-state index is 14.5. The molecular weight excluding hydrogens is 528 g/mol. The number of alkyl halides is 3. The van der Waals surface area contributed by atoms with Gasteiger partial charge < -0.3 is 20.7 Å². The predicted octanol–water partition coefficient (Wildman–Crippen LogP) is 4.89. The molecule has 3 aromatic rings. The molecule has 4 rings (SSSR count). The minimum Gasteiger partial charge on any atom is -0.488 e. The van der Waals surface area contributed by atoms with E-state index in [0.29, 0.717) is 27.7 Å². The molecule has 0 bridgehead atoms. The average molecular weight is 553 g/mol. The van der Waals surface area contributed by atoms with E-state index in [4.69, 9.17) is 15.6 Å². The summed E-state index contributed by atoms with van der Waals surface area (Å²) in [6.07, 6.45) is -4.23. The number of rotatable bonds is 8. The number of nitrogens with zero attached hydrogens (tertiary/aromatic N) is 3. The highest BCUT2D eigenvalue weighted by Crippen LogP contribution is 2.34. The molecule has 2 heterocycles. The highest BCUT2D eigenvalue weighted by atomic mass is 32.1. The van der Waals surface area contributed by atoms with Gasteiger partial charge in [-0.15, -0.1) is 11.3 Å². The lowest BCUT2D eigenvalue weighted by atomic mass is 10.1. The Balaban J connectivity index is 1.58. The Morgan fingerprint density at radius 1 is 1.24 bits per heavy atom. The number of amides is 1. The lowest BCUT2D eigenvalue weighted by Gasteiger charge is -2.22. The molecule has 1 atom stereocenters. The number of amidine groups is 1. The summed E-state index contributed by atoms with van der Waals surface area (Å²) < 4.78 is 59.2. The van der Waals surface area contributed by atoms with Crippen molar-refractivity contribution >= 4 is 23.3 Å². The van der Waals surface area contributed by atoms with Crippen LogP contribution in [0.1, 0.15) is 34.5 Å². The smallest absolute Gasteiger partial charge is 0.433 e. The number of aromatic nitrogens is 1. The van der Waals surface area contributed by atoms with Gasteiger partial charge in [0.15, 0.2) is 0 Å². The molecule has 13 heteroatoms. The van der Waals surface area contributed by atoms with E-state index in [0.717, 1.165) is 37.6 Å². The molecule has 1 unspecified atom stereocenters. The molecule has 0 saturated carbocycles. The van der Waals surface area contributed by atoms with Gasteiger partial charge in [0, 0.05) is 24.2 Å². The van der Waals surface area contributed by atoms with Crippen LogP contribution in [0.15, 0.2) is 47.5 Å². The third-order valence-electron chi connectivity index (χ3n) is 6.10. The minimum atomic E-state index is -4.45. The topological polar surface area (TPSA) is 121 Å². The summed E-state index contributed by atoms with van der Waals surface area (Å²) in [6.45, 7) is 1.19. The lowest BCUT2D eigenvalue weighted by Crippen LogP contribution is -2.32. The first-order valence-electron chi connectivity index (χ1n) is 11.6. The van der Waals surface area contributed by atoms with Crippen LogP contribution >= 0.6 is 11.3 Å². The number of hydrogen-bond acceptors (Lipinski definition) is 6. The number of carbonyl (C=O) groups is 1. The summed E-state index contributed by atoms with van der Waals surface area (Å²) >= 11 is 1.25. The Kier molecular flexibility index (Phi) is 8.29. The van der Waals surface area contributed by atoms with E-state index < -0.39 is 29.5 Å². The van der Waals surface area contributed by atoms with Crippen LogP contribution in [0.2, 0.25) is 0 Å². The number of carboxylic acid groups (broad SMARTS) is 1. The first-order valence-corrected chi connectivity index (χ1v) is 12.4. The van der Waals surface area contributed by atoms with Crippen LogP contribution in [0.3, 0.4) is 0 Å². The normalized spacial score (nSPS) is 16.7. The number of aliphatic hydroxyl groups is 1. The van der Waals surface area contributed by atoms with Crippen molar-refractivity contribution < 1.29 is 37.3 Å². The molecule has 4 N–H and O–H groups in total. The Labute approximate surface area is 219 Å². The van der Waals surface area contributed by atoms with Crippen molar-refractivity contribution in [1.82, 2.24) is 9.88 Å². The van der Waals surface area contributed by atoms with E-state index >= 15 is 0 Å². The molecule has 202 valence electrons. The zero-order chi connectivity index (χ0) is 27.4. The number of nitrogens with two attached hydrogens (primary N) is 1. The maximum Gasteiger partial charge on any atom is 0.433 e. The fourth-order valence-corrected chi connectivity index (χ4v) is 5.14. The van der Waals surface area contributed by atoms with Gasteiger partial charge in [-0.25, -0.2) is 14.2 Å². The average Bonchev–Trinajstić information content (AvgIpc) is 3.48. The molecule has 0 aliphatic carbocycles. The summed E-state index contributed by atoms with van der Waals surface area (Å²) in [7, 11) is 0. The van der Waals surface area contributed by atoms with Gasteiger partial charge in [0.25, 0.3) is 0 Å². The molecule has 8 nitrogen and oxygen atoms in total. The molecule has 0 radical (unpaired) electrons. The van der Waals surface area contributed by atoms with Crippen LogP contribution in [0.4, 0.5) is 22.4 Å². The van der Waals surface area contributed by atoms with Crippen molar-refractivity contribution in [2.45, 2.75) is 38.2 Å². The molecule has 1 fully saturated rings. The first-order chi connectivity index (χ1) is 18.0. The molecule has 1 amide bonds. The number of ether oxygens (including phenoxy) is 1. The van der Waals surface area contributed by atoms with Crippen LogP contribution in [0.5, 0.6) is 5.75 Å². The predicted molar refractivity (Wildman–Crippen MR) is 133 cm³/mol. The molecule has 1 saturated heterocycles. The lowest BCUT2D eigenvalue weighted by molar-refractivity contribution is -0.137. The third-order valence-corrected chi connectivity index (χ3v) is 7.22. The van der Waals surface area contributed by atoms with Crippen LogP contribution in [-0.4, -0.2) is 51.2 Å². The van der Waals surface area contributed by atoms with E-state index in [1.807, 2.05) is 0 Å². The Bertz CT molecular complexity index is 1330. The minimum absolute atomic E-state index is 0.00166. The maximum atomic E-state index is 14.5. The van der Waals surface area contributed by atoms with Gasteiger partial charge in [0.2, 0.25) is 0 Å². The number of hydrogen-bond donors (Lipinski definition) is 3. The summed E-state index contributed by atoms with van der Waals surface area (Å²) in [5.74, 6) is -1.15. The largest absolute Gasteiger partial charge is 0.488 e. The van der Waals surface area contributed by atoms with Gasteiger partial charge in [-0.3, -0.25) is 4.90 Å². The fourth-order valence-electron chi connectivity index (χ4n) is 4.15. The van der Waals surface area contributed by atoms with Crippen molar-refractivity contribution in [3.05, 3.63) is 70.0 Å². The number of thiazole rings is 1. The van der Waals surface area contributed by atoms with Gasteiger partial charge in [-0.1, -0.05) is 12.1 Å². The molecule has 1 aromatic heterocycles. The summed E-state index contributed by atoms with van der Waals surface area (Å²) in [5.41, 5.74) is 5.74. The van der Waals surface area contributed by atoms with E-state index in [1.165, 1.54) is 35.6 Å². The van der Waals surface area contributed by atoms with Crippen LogP contribution in [-0.2, 0) is 19.3 Å². The Morgan fingerprint density at radius 3 is 2.61 bits per heavy atom. The van der Waals surface area contributed by atoms with E-state index in [2.05, 4.69) is 14.9 Å². The number of aliphatic hydroxyl groups excluding tert-OH is 1. The zero-order valence-corrected chi connectivity index (χ0v) is 20.7. The SMILES string of the molecule is NC(=NC(=O)O)c1ccc(OCc2sc(-c3ccc(C(F)(F)F)cc3)nc2CN2CCCC2CO)cc1F. The summed E-state index contributed by atoms with van der Waals surface area (Å²) in [6, 6.07) is 8.43. The third kappa shape index (κ3) is 6.47. The highest BCUT2D eigenvalue weighted by Gasteiger charge is 2.30. The van der Waals surface area contributed by atoms with Crippen molar-refractivity contribution in [3.8, 4) is 16.3 Å². The van der Waals surface area contributed by atoms with Crippen LogP contribution < -0.4 is 10.5 Å². The van der Waals surface area contributed by atoms with Crippen molar-refractivity contribution in [3.63, 3.8) is 0 Å². The summed E-state index contributed by atoms with van der Waals surface area (Å²) in [5, 5.41) is 18.9. The molecule has 1 aliphatic rings. The van der Waals surface area contributed by atoms with E-state index in [-0.39, 0.29) is 30.6 Å². The zero-order valence-electron chi connectivity index (χ0n) is 19.9. The first kappa shape index (κ1) is 27.5. The van der Waals surface area contributed by atoms with E-state index in [1.54, 1.807) is 0 Å². The fraction of sp³-hybridized carbons (Fsp3) is 0.320. The highest BCUT2D eigenvalue weighted by molar-refractivity contribution is 7.15. The second kappa shape index (κ2) is 11.5. The standard InChI is InChI=1S/C25H24F4N4O4S/c26-19-10-17(7-8-18(19)22(30)32-24(35)36)37-13-21-20(11-33-9-1-2-16(33)12-34)31-23(38-21)14-3-5-15(6-4-14)25(27,28)29/h3-8,10,16,34H,1-2,9,11-13H2,(H2,30,32)(H,35,36). The van der Waals surface area contributed by atoms with Crippen LogP contribution in [0, 0.1) is 5.82 Å². The number of halogens is 4. The molecular formula is C25H24F4N4O4S. The van der Waals surface area contributed by atoms with Crippen LogP contribution in [0.25, 0.3) is 10.6 Å². The Morgan fingerprint density at radius 2 is 1.97 bits per heavy atom. The second-order valence-electron chi connectivity index (χ2n) is 8.62. The van der Waals surface area contributed by atoms with Crippen molar-refractivity contribution in [1.29, 1.82) is 0 Å². The molecule has 38 heavy (non-hydrogen) atoms. The monoisotopic (exact) mass is 552 g/mol. The molecule has 2 aromatic carbocycles. The van der Waals surface area contributed by atoms with Crippen molar-refractivity contribution in [2.24, 2.45) is 10.7 Å².